The summed E-state index contributed by atoms with van der Waals surface area (Å²) in [5.74, 6) is 0.782. The van der Waals surface area contributed by atoms with Crippen LogP contribution in [0.2, 0.25) is 0 Å². The fourth-order valence-electron chi connectivity index (χ4n) is 0.809. The Morgan fingerprint density at radius 1 is 1.50 bits per heavy atom. The molecule has 0 aliphatic heterocycles. The largest absolute Gasteiger partial charge is 0.391 e. The number of rotatable bonds is 4. The molecular weight excluding hydrogens is 199 g/mol. The van der Waals surface area contributed by atoms with Gasteiger partial charge in [0.1, 0.15) is 18.2 Å². The molecule has 0 fully saturated rings. The number of nitrogens with two attached hydrogens (primary N) is 1. The molecule has 14 heavy (non-hydrogen) atoms. The third-order valence-corrected chi connectivity index (χ3v) is 1.42. The molecule has 1 heterocycles. The number of anilines is 1. The number of hydrogen-bond acceptors (Lipinski definition) is 3. The first-order chi connectivity index (χ1) is 6.47. The monoisotopic (exact) mass is 209 g/mol. The Hall–Kier alpha value is -1.24. The predicted octanol–water partition coefficient (Wildman–Crippen LogP) is 1.46. The Morgan fingerprint density at radius 2 is 2.21 bits per heavy atom. The quantitative estimate of drug-likeness (QED) is 0.738. The van der Waals surface area contributed by atoms with E-state index in [4.69, 9.17) is 10.5 Å². The average molecular weight is 209 g/mol. The smallest absolute Gasteiger partial charge is 0.384 e. The standard InChI is InChI=1S/C7H10F3N3O/c8-7(9,10)1-2-14-4-6-12-3-5(11)13-6/h3H,1-2,4,11H2,(H,12,13). The number of H-pyrrole nitrogens is 1. The van der Waals surface area contributed by atoms with Crippen molar-refractivity contribution >= 4 is 5.82 Å². The van der Waals surface area contributed by atoms with Crippen LogP contribution in [-0.4, -0.2) is 22.8 Å². The van der Waals surface area contributed by atoms with Crippen molar-refractivity contribution in [3.05, 3.63) is 12.0 Å². The number of nitrogens with zero attached hydrogens (tertiary/aromatic N) is 1. The van der Waals surface area contributed by atoms with Crippen LogP contribution in [0.1, 0.15) is 12.2 Å². The fourth-order valence-corrected chi connectivity index (χ4v) is 0.809. The van der Waals surface area contributed by atoms with Gasteiger partial charge in [0, 0.05) is 0 Å². The maximum atomic E-state index is 11.7. The minimum Gasteiger partial charge on any atom is -0.384 e. The lowest BCUT2D eigenvalue weighted by Crippen LogP contribution is -2.11. The van der Waals surface area contributed by atoms with E-state index in [0.29, 0.717) is 11.6 Å². The summed E-state index contributed by atoms with van der Waals surface area (Å²) in [7, 11) is 0. The van der Waals surface area contributed by atoms with Gasteiger partial charge in [-0.1, -0.05) is 0 Å². The zero-order valence-corrected chi connectivity index (χ0v) is 7.27. The van der Waals surface area contributed by atoms with E-state index in [-0.39, 0.29) is 13.2 Å². The Bertz CT molecular complexity index is 284. The lowest BCUT2D eigenvalue weighted by Gasteiger charge is -2.05. The fraction of sp³-hybridized carbons (Fsp3) is 0.571. The van der Waals surface area contributed by atoms with Crippen molar-refractivity contribution in [1.82, 2.24) is 9.97 Å². The summed E-state index contributed by atoms with van der Waals surface area (Å²) in [5.41, 5.74) is 5.30. The Balaban J connectivity index is 2.16. The first-order valence-electron chi connectivity index (χ1n) is 3.91. The van der Waals surface area contributed by atoms with Crippen LogP contribution < -0.4 is 5.73 Å². The average Bonchev–Trinajstić information content (AvgIpc) is 2.44. The van der Waals surface area contributed by atoms with Crippen LogP contribution in [0.25, 0.3) is 0 Å². The first kappa shape index (κ1) is 10.8. The highest BCUT2D eigenvalue weighted by atomic mass is 19.4. The van der Waals surface area contributed by atoms with Gasteiger partial charge in [-0.3, -0.25) is 0 Å². The van der Waals surface area contributed by atoms with Gasteiger partial charge in [-0.15, -0.1) is 0 Å². The van der Waals surface area contributed by atoms with Crippen molar-refractivity contribution < 1.29 is 17.9 Å². The van der Waals surface area contributed by atoms with E-state index < -0.39 is 12.6 Å². The van der Waals surface area contributed by atoms with E-state index in [1.54, 1.807) is 0 Å². The molecule has 0 spiro atoms. The second-order valence-corrected chi connectivity index (χ2v) is 2.70. The maximum Gasteiger partial charge on any atom is 0.391 e. The van der Waals surface area contributed by atoms with Crippen LogP contribution in [0.5, 0.6) is 0 Å². The SMILES string of the molecule is Nc1cnc(COCCC(F)(F)F)[nH]1. The Kier molecular flexibility index (Phi) is 3.34. The lowest BCUT2D eigenvalue weighted by atomic mass is 10.4. The van der Waals surface area contributed by atoms with Crippen LogP contribution >= 0.6 is 0 Å². The zero-order chi connectivity index (χ0) is 10.6. The van der Waals surface area contributed by atoms with Crippen molar-refractivity contribution in [3.63, 3.8) is 0 Å². The molecule has 0 atom stereocenters. The van der Waals surface area contributed by atoms with Gasteiger partial charge in [0.05, 0.1) is 19.2 Å². The van der Waals surface area contributed by atoms with Gasteiger partial charge in [-0.2, -0.15) is 13.2 Å². The van der Waals surface area contributed by atoms with Crippen LogP contribution in [0, 0.1) is 0 Å². The van der Waals surface area contributed by atoms with Gasteiger partial charge in [0.2, 0.25) is 0 Å². The van der Waals surface area contributed by atoms with Crippen LogP contribution in [0.4, 0.5) is 19.0 Å². The molecule has 7 heteroatoms. The van der Waals surface area contributed by atoms with Crippen molar-refractivity contribution in [2.24, 2.45) is 0 Å². The van der Waals surface area contributed by atoms with E-state index in [0.717, 1.165) is 0 Å². The van der Waals surface area contributed by atoms with Crippen molar-refractivity contribution in [2.75, 3.05) is 12.3 Å². The number of aromatic nitrogens is 2. The molecule has 80 valence electrons. The Labute approximate surface area is 78.3 Å². The van der Waals surface area contributed by atoms with Gasteiger partial charge in [0.25, 0.3) is 0 Å². The molecule has 0 saturated heterocycles. The summed E-state index contributed by atoms with van der Waals surface area (Å²) in [4.78, 5) is 6.40. The summed E-state index contributed by atoms with van der Waals surface area (Å²) < 4.78 is 39.7. The van der Waals surface area contributed by atoms with Crippen LogP contribution in [0.15, 0.2) is 6.20 Å². The van der Waals surface area contributed by atoms with E-state index in [2.05, 4.69) is 9.97 Å². The number of imidazole rings is 1. The molecule has 0 aliphatic carbocycles. The van der Waals surface area contributed by atoms with Crippen molar-refractivity contribution in [3.8, 4) is 0 Å². The molecule has 0 aromatic carbocycles. The normalized spacial score (nSPS) is 11.9. The summed E-state index contributed by atoms with van der Waals surface area (Å²) >= 11 is 0. The predicted molar refractivity (Wildman–Crippen MR) is 43.3 cm³/mol. The third-order valence-electron chi connectivity index (χ3n) is 1.42. The number of aromatic amines is 1. The molecule has 0 radical (unpaired) electrons. The van der Waals surface area contributed by atoms with Gasteiger partial charge in [0.15, 0.2) is 0 Å². The molecule has 1 aromatic rings. The summed E-state index contributed by atoms with van der Waals surface area (Å²) in [6, 6.07) is 0. The van der Waals surface area contributed by atoms with Gasteiger partial charge >= 0.3 is 6.18 Å². The molecule has 0 bridgehead atoms. The second kappa shape index (κ2) is 4.32. The highest BCUT2D eigenvalue weighted by Crippen LogP contribution is 2.19. The highest BCUT2D eigenvalue weighted by Gasteiger charge is 2.26. The molecule has 0 aliphatic rings. The molecule has 4 nitrogen and oxygen atoms in total. The molecule has 1 aromatic heterocycles. The number of nitrogen functional groups attached to an aromatic ring is 1. The van der Waals surface area contributed by atoms with Crippen molar-refractivity contribution in [2.45, 2.75) is 19.2 Å². The maximum absolute atomic E-state index is 11.7. The van der Waals surface area contributed by atoms with Gasteiger partial charge < -0.3 is 15.5 Å². The molecular formula is C7H10F3N3O. The second-order valence-electron chi connectivity index (χ2n) is 2.70. The number of ether oxygens (including phenoxy) is 1. The lowest BCUT2D eigenvalue weighted by molar-refractivity contribution is -0.146. The number of alkyl halides is 3. The molecule has 3 N–H and O–H groups in total. The summed E-state index contributed by atoms with van der Waals surface area (Å²) in [6.07, 6.45) is -3.76. The van der Waals surface area contributed by atoms with Crippen LogP contribution in [-0.2, 0) is 11.3 Å². The Morgan fingerprint density at radius 3 is 2.71 bits per heavy atom. The first-order valence-corrected chi connectivity index (χ1v) is 3.91. The molecule has 0 amide bonds. The van der Waals surface area contributed by atoms with Crippen LogP contribution in [0.3, 0.4) is 0 Å². The van der Waals surface area contributed by atoms with Gasteiger partial charge in [-0.05, 0) is 0 Å². The summed E-state index contributed by atoms with van der Waals surface area (Å²) in [5, 5.41) is 0. The van der Waals surface area contributed by atoms with E-state index in [1.807, 2.05) is 0 Å². The minimum atomic E-state index is -4.18. The van der Waals surface area contributed by atoms with E-state index in [1.165, 1.54) is 6.20 Å². The van der Waals surface area contributed by atoms with Gasteiger partial charge in [-0.25, -0.2) is 4.98 Å². The molecule has 1 rings (SSSR count). The van der Waals surface area contributed by atoms with E-state index in [9.17, 15) is 13.2 Å². The zero-order valence-electron chi connectivity index (χ0n) is 7.27. The van der Waals surface area contributed by atoms with Crippen molar-refractivity contribution in [1.29, 1.82) is 0 Å². The molecule has 0 unspecified atom stereocenters. The minimum absolute atomic E-state index is 0.00722. The molecule has 0 saturated carbocycles. The topological polar surface area (TPSA) is 63.9 Å². The van der Waals surface area contributed by atoms with E-state index >= 15 is 0 Å². The highest BCUT2D eigenvalue weighted by molar-refractivity contribution is 5.23. The third kappa shape index (κ3) is 4.13. The number of halogens is 3. The number of hydrogen-bond donors (Lipinski definition) is 2. The number of nitrogens with one attached hydrogen (secondary N) is 1. The summed E-state index contributed by atoms with van der Waals surface area (Å²) in [6.45, 7) is -0.364.